The fraction of sp³-hybridized carbons (Fsp3) is 0.250. The average Bonchev–Trinajstić information content (AvgIpc) is 2.03. The van der Waals surface area contributed by atoms with Crippen molar-refractivity contribution in [2.24, 2.45) is 0 Å². The number of nitrogens with zero attached hydrogens (tertiary/aromatic N) is 1. The fourth-order valence-electron chi connectivity index (χ4n) is 0.905. The van der Waals surface area contributed by atoms with E-state index in [1.54, 1.807) is 24.3 Å². The summed E-state index contributed by atoms with van der Waals surface area (Å²) >= 11 is 0. The lowest BCUT2D eigenvalue weighted by molar-refractivity contribution is -0.479. The van der Waals surface area contributed by atoms with Gasteiger partial charge in [0.1, 0.15) is 0 Å². The van der Waals surface area contributed by atoms with Gasteiger partial charge in [0.05, 0.1) is 0 Å². The third-order valence-corrected chi connectivity index (χ3v) is 1.56. The van der Waals surface area contributed by atoms with Crippen molar-refractivity contribution < 1.29 is 4.92 Å². The van der Waals surface area contributed by atoms with Crippen LogP contribution in [0.25, 0.3) is 0 Å². The van der Waals surface area contributed by atoms with E-state index in [-0.39, 0.29) is 11.5 Å². The molecule has 4 heteroatoms. The minimum atomic E-state index is -0.323. The number of hydrogen-bond acceptors (Lipinski definition) is 3. The summed E-state index contributed by atoms with van der Waals surface area (Å²) in [5.41, 5.74) is 7.07. The molecule has 0 aliphatic heterocycles. The summed E-state index contributed by atoms with van der Waals surface area (Å²) in [7, 11) is 0. The summed E-state index contributed by atoms with van der Waals surface area (Å²) in [4.78, 5) is 9.70. The van der Waals surface area contributed by atoms with Crippen molar-refractivity contribution in [2.75, 3.05) is 12.3 Å². The van der Waals surface area contributed by atoms with Gasteiger partial charge in [-0.1, -0.05) is 12.1 Å². The van der Waals surface area contributed by atoms with Gasteiger partial charge in [-0.05, 0) is 17.7 Å². The largest absolute Gasteiger partial charge is 0.399 e. The fourth-order valence-corrected chi connectivity index (χ4v) is 0.905. The number of anilines is 1. The highest BCUT2D eigenvalue weighted by molar-refractivity contribution is 5.39. The molecule has 1 rings (SSSR count). The third-order valence-electron chi connectivity index (χ3n) is 1.56. The normalized spacial score (nSPS) is 9.67. The van der Waals surface area contributed by atoms with Gasteiger partial charge in [0, 0.05) is 17.0 Å². The van der Waals surface area contributed by atoms with Crippen molar-refractivity contribution in [1.29, 1.82) is 0 Å². The van der Waals surface area contributed by atoms with Crippen LogP contribution < -0.4 is 5.73 Å². The molecular formula is C8H10N2O2. The van der Waals surface area contributed by atoms with E-state index >= 15 is 0 Å². The molecule has 0 aliphatic rings. The van der Waals surface area contributed by atoms with Gasteiger partial charge in [0.25, 0.3) is 0 Å². The van der Waals surface area contributed by atoms with Gasteiger partial charge >= 0.3 is 0 Å². The summed E-state index contributed by atoms with van der Waals surface area (Å²) in [6.07, 6.45) is 0.466. The van der Waals surface area contributed by atoms with Crippen molar-refractivity contribution >= 4 is 5.69 Å². The molecule has 0 saturated carbocycles. The molecular weight excluding hydrogens is 156 g/mol. The van der Waals surface area contributed by atoms with Crippen LogP contribution in [0.2, 0.25) is 0 Å². The van der Waals surface area contributed by atoms with E-state index in [9.17, 15) is 10.1 Å². The standard InChI is InChI=1S/C8H10N2O2/c9-8-3-1-7(2-4-8)5-6-10(11)12/h1-4H,5-6,9H2. The Morgan fingerprint density at radius 1 is 1.33 bits per heavy atom. The second kappa shape index (κ2) is 3.71. The van der Waals surface area contributed by atoms with Crippen LogP contribution in [0.4, 0.5) is 5.69 Å². The van der Waals surface area contributed by atoms with Crippen LogP contribution in [0.15, 0.2) is 24.3 Å². The van der Waals surface area contributed by atoms with Gasteiger partial charge in [0.15, 0.2) is 0 Å². The van der Waals surface area contributed by atoms with Crippen LogP contribution in [-0.4, -0.2) is 11.5 Å². The number of nitro groups is 1. The molecule has 0 aromatic heterocycles. The molecule has 1 aromatic carbocycles. The maximum atomic E-state index is 10.0. The topological polar surface area (TPSA) is 69.2 Å². The zero-order valence-corrected chi connectivity index (χ0v) is 6.56. The molecule has 0 saturated heterocycles. The van der Waals surface area contributed by atoms with Crippen molar-refractivity contribution in [3.63, 3.8) is 0 Å². The number of nitrogens with two attached hydrogens (primary N) is 1. The summed E-state index contributed by atoms with van der Waals surface area (Å²) < 4.78 is 0. The van der Waals surface area contributed by atoms with Crippen molar-refractivity contribution in [3.05, 3.63) is 39.9 Å². The first kappa shape index (κ1) is 8.52. The molecule has 0 aliphatic carbocycles. The predicted octanol–water partition coefficient (Wildman–Crippen LogP) is 1.09. The molecule has 0 unspecified atom stereocenters. The van der Waals surface area contributed by atoms with Crippen LogP contribution in [0, 0.1) is 10.1 Å². The minimum absolute atomic E-state index is 0.0239. The molecule has 0 heterocycles. The Balaban J connectivity index is 2.53. The average molecular weight is 166 g/mol. The molecule has 1 aromatic rings. The molecule has 0 amide bonds. The lowest BCUT2D eigenvalue weighted by atomic mass is 10.1. The van der Waals surface area contributed by atoms with Gasteiger partial charge < -0.3 is 5.73 Å². The highest BCUT2D eigenvalue weighted by atomic mass is 16.6. The zero-order valence-electron chi connectivity index (χ0n) is 6.56. The van der Waals surface area contributed by atoms with E-state index in [1.807, 2.05) is 0 Å². The Labute approximate surface area is 70.2 Å². The maximum absolute atomic E-state index is 10.0. The van der Waals surface area contributed by atoms with E-state index in [1.165, 1.54) is 0 Å². The van der Waals surface area contributed by atoms with Crippen LogP contribution in [-0.2, 0) is 6.42 Å². The summed E-state index contributed by atoms with van der Waals surface area (Å²) in [6.45, 7) is -0.0239. The van der Waals surface area contributed by atoms with Crippen molar-refractivity contribution in [3.8, 4) is 0 Å². The highest BCUT2D eigenvalue weighted by Crippen LogP contribution is 2.05. The number of hydrogen-bond donors (Lipinski definition) is 1. The number of benzene rings is 1. The number of nitrogen functional groups attached to an aromatic ring is 1. The quantitative estimate of drug-likeness (QED) is 0.415. The molecule has 0 fully saturated rings. The first-order valence-corrected chi connectivity index (χ1v) is 3.64. The molecule has 0 atom stereocenters. The smallest absolute Gasteiger partial charge is 0.207 e. The van der Waals surface area contributed by atoms with E-state index in [0.717, 1.165) is 5.56 Å². The Bertz CT molecular complexity index is 269. The van der Waals surface area contributed by atoms with Crippen LogP contribution >= 0.6 is 0 Å². The Hall–Kier alpha value is -1.58. The Morgan fingerprint density at radius 3 is 2.42 bits per heavy atom. The highest BCUT2D eigenvalue weighted by Gasteiger charge is 1.98. The molecule has 0 radical (unpaired) electrons. The van der Waals surface area contributed by atoms with E-state index in [4.69, 9.17) is 5.73 Å². The Morgan fingerprint density at radius 2 is 1.92 bits per heavy atom. The molecule has 2 N–H and O–H groups in total. The second-order valence-corrected chi connectivity index (χ2v) is 2.55. The molecule has 12 heavy (non-hydrogen) atoms. The predicted molar refractivity (Wildman–Crippen MR) is 46.4 cm³/mol. The summed E-state index contributed by atoms with van der Waals surface area (Å²) in [5.74, 6) is 0. The zero-order chi connectivity index (χ0) is 8.97. The summed E-state index contributed by atoms with van der Waals surface area (Å²) in [5, 5.41) is 10.0. The van der Waals surface area contributed by atoms with Gasteiger partial charge in [-0.15, -0.1) is 0 Å². The van der Waals surface area contributed by atoms with Gasteiger partial charge in [-0.25, -0.2) is 0 Å². The van der Waals surface area contributed by atoms with Gasteiger partial charge in [0.2, 0.25) is 6.54 Å². The van der Waals surface area contributed by atoms with E-state index in [2.05, 4.69) is 0 Å². The second-order valence-electron chi connectivity index (χ2n) is 2.55. The molecule has 4 nitrogen and oxygen atoms in total. The first-order chi connectivity index (χ1) is 5.68. The molecule has 0 spiro atoms. The maximum Gasteiger partial charge on any atom is 0.207 e. The minimum Gasteiger partial charge on any atom is -0.399 e. The Kier molecular flexibility index (Phi) is 2.63. The summed E-state index contributed by atoms with van der Waals surface area (Å²) in [6, 6.07) is 7.10. The lowest BCUT2D eigenvalue weighted by Crippen LogP contribution is -2.03. The SMILES string of the molecule is Nc1ccc(CC[N+](=O)[O-])cc1. The third kappa shape index (κ3) is 2.57. The molecule has 0 bridgehead atoms. The monoisotopic (exact) mass is 166 g/mol. The van der Waals surface area contributed by atoms with Gasteiger partial charge in [-0.3, -0.25) is 10.1 Å². The van der Waals surface area contributed by atoms with Crippen molar-refractivity contribution in [1.82, 2.24) is 0 Å². The van der Waals surface area contributed by atoms with E-state index < -0.39 is 0 Å². The first-order valence-electron chi connectivity index (χ1n) is 3.64. The number of rotatable bonds is 3. The van der Waals surface area contributed by atoms with Crippen LogP contribution in [0.5, 0.6) is 0 Å². The van der Waals surface area contributed by atoms with Crippen molar-refractivity contribution in [2.45, 2.75) is 6.42 Å². The van der Waals surface area contributed by atoms with E-state index in [0.29, 0.717) is 12.1 Å². The molecule has 64 valence electrons. The van der Waals surface area contributed by atoms with Crippen LogP contribution in [0.1, 0.15) is 5.56 Å². The lowest BCUT2D eigenvalue weighted by Gasteiger charge is -1.97. The van der Waals surface area contributed by atoms with Gasteiger partial charge in [-0.2, -0.15) is 0 Å². The van der Waals surface area contributed by atoms with Crippen LogP contribution in [0.3, 0.4) is 0 Å².